The van der Waals surface area contributed by atoms with E-state index in [0.717, 1.165) is 10.5 Å². The van der Waals surface area contributed by atoms with Gasteiger partial charge in [-0.15, -0.1) is 0 Å². The van der Waals surface area contributed by atoms with Gasteiger partial charge in [0.1, 0.15) is 12.1 Å². The van der Waals surface area contributed by atoms with E-state index in [2.05, 4.69) is 31.4 Å². The van der Waals surface area contributed by atoms with Gasteiger partial charge in [0.25, 0.3) is 5.91 Å². The van der Waals surface area contributed by atoms with Crippen molar-refractivity contribution < 1.29 is 19.2 Å². The molecule has 1 saturated heterocycles. The number of amides is 4. The maximum atomic E-state index is 13.1. The van der Waals surface area contributed by atoms with E-state index >= 15 is 0 Å². The Morgan fingerprint density at radius 3 is 2.23 bits per heavy atom. The van der Waals surface area contributed by atoms with Crippen molar-refractivity contribution in [2.75, 3.05) is 11.9 Å². The number of carbonyl (C=O) groups is 4. The van der Waals surface area contributed by atoms with E-state index in [1.807, 2.05) is 24.3 Å². The van der Waals surface area contributed by atoms with Crippen LogP contribution in [0.5, 0.6) is 0 Å². The minimum atomic E-state index is -1.26. The van der Waals surface area contributed by atoms with Crippen LogP contribution in [0.15, 0.2) is 48.5 Å². The Morgan fingerprint density at radius 2 is 1.65 bits per heavy atom. The molecule has 1 fully saturated rings. The molecule has 0 bridgehead atoms. The molecule has 2 aromatic rings. The number of Topliss-reactive ketones (excluding diaryl/α,β-unsaturated/α-hetero) is 1. The second-order valence-corrected chi connectivity index (χ2v) is 8.92. The zero-order chi connectivity index (χ0) is 23.0. The fourth-order valence-electron chi connectivity index (χ4n) is 3.57. The molecule has 4 amide bonds. The highest BCUT2D eigenvalue weighted by Gasteiger charge is 2.49. The number of carbonyl (C=O) groups excluding carboxylic acids is 4. The average molecular weight is 421 g/mol. The maximum absolute atomic E-state index is 13.1. The van der Waals surface area contributed by atoms with Crippen LogP contribution >= 0.6 is 0 Å². The fourth-order valence-corrected chi connectivity index (χ4v) is 3.57. The van der Waals surface area contributed by atoms with Gasteiger partial charge in [0.2, 0.25) is 5.91 Å². The van der Waals surface area contributed by atoms with Crippen molar-refractivity contribution in [3.8, 4) is 0 Å². The maximum Gasteiger partial charge on any atom is 0.325 e. The van der Waals surface area contributed by atoms with E-state index in [0.29, 0.717) is 16.8 Å². The summed E-state index contributed by atoms with van der Waals surface area (Å²) in [4.78, 5) is 50.8. The quantitative estimate of drug-likeness (QED) is 0.570. The lowest BCUT2D eigenvalue weighted by Crippen LogP contribution is -2.42. The standard InChI is InChI=1S/C24H27N3O4/c1-15(28)18-8-6-7-9-19(18)25-20(29)14-27-21(30)24(5,26-22(27)31)17-12-10-16(11-13-17)23(2,3)4/h6-13H,14H2,1-5H3,(H,25,29)(H,26,31). The van der Waals surface area contributed by atoms with Crippen LogP contribution in [0.4, 0.5) is 10.5 Å². The van der Waals surface area contributed by atoms with Gasteiger partial charge in [0.05, 0.1) is 5.69 Å². The predicted molar refractivity (Wildman–Crippen MR) is 118 cm³/mol. The summed E-state index contributed by atoms with van der Waals surface area (Å²) in [6.07, 6.45) is 0. The van der Waals surface area contributed by atoms with Gasteiger partial charge in [-0.2, -0.15) is 0 Å². The first-order valence-electron chi connectivity index (χ1n) is 10.1. The zero-order valence-corrected chi connectivity index (χ0v) is 18.4. The number of para-hydroxylation sites is 1. The van der Waals surface area contributed by atoms with Crippen molar-refractivity contribution in [3.05, 3.63) is 65.2 Å². The van der Waals surface area contributed by atoms with Crippen molar-refractivity contribution >= 4 is 29.3 Å². The van der Waals surface area contributed by atoms with Crippen molar-refractivity contribution in [3.63, 3.8) is 0 Å². The van der Waals surface area contributed by atoms with E-state index in [1.165, 1.54) is 6.92 Å². The van der Waals surface area contributed by atoms with Crippen molar-refractivity contribution in [1.29, 1.82) is 0 Å². The van der Waals surface area contributed by atoms with E-state index in [4.69, 9.17) is 0 Å². The molecule has 7 nitrogen and oxygen atoms in total. The molecule has 7 heteroatoms. The lowest BCUT2D eigenvalue weighted by molar-refractivity contribution is -0.133. The molecule has 1 atom stereocenters. The number of ketones is 1. The molecule has 31 heavy (non-hydrogen) atoms. The van der Waals surface area contributed by atoms with Crippen LogP contribution in [0.1, 0.15) is 56.1 Å². The van der Waals surface area contributed by atoms with Crippen molar-refractivity contribution in [2.45, 2.75) is 45.6 Å². The second-order valence-electron chi connectivity index (χ2n) is 8.92. The minimum Gasteiger partial charge on any atom is -0.324 e. The summed E-state index contributed by atoms with van der Waals surface area (Å²) in [6.45, 7) is 8.86. The fraction of sp³-hybridized carbons (Fsp3) is 0.333. The van der Waals surface area contributed by atoms with Crippen LogP contribution < -0.4 is 10.6 Å². The first-order chi connectivity index (χ1) is 14.4. The Kier molecular flexibility index (Phi) is 5.72. The third-order valence-corrected chi connectivity index (χ3v) is 5.49. The molecule has 3 rings (SSSR count). The van der Waals surface area contributed by atoms with Crippen LogP contribution in [0, 0.1) is 0 Å². The first-order valence-corrected chi connectivity index (χ1v) is 10.1. The SMILES string of the molecule is CC(=O)c1ccccc1NC(=O)CN1C(=O)NC(C)(c2ccc(C(C)(C)C)cc2)C1=O. The van der Waals surface area contributed by atoms with Crippen LogP contribution in [0.3, 0.4) is 0 Å². The summed E-state index contributed by atoms with van der Waals surface area (Å²) in [6, 6.07) is 13.5. The number of hydrogen-bond donors (Lipinski definition) is 2. The molecule has 1 aliphatic heterocycles. The van der Waals surface area contributed by atoms with Gasteiger partial charge in [-0.1, -0.05) is 57.2 Å². The van der Waals surface area contributed by atoms with Gasteiger partial charge in [0.15, 0.2) is 5.78 Å². The second kappa shape index (κ2) is 7.98. The largest absolute Gasteiger partial charge is 0.325 e. The van der Waals surface area contributed by atoms with Crippen LogP contribution in [-0.2, 0) is 20.5 Å². The summed E-state index contributed by atoms with van der Waals surface area (Å²) in [5, 5.41) is 5.32. The molecular formula is C24H27N3O4. The minimum absolute atomic E-state index is 0.0390. The van der Waals surface area contributed by atoms with Crippen LogP contribution in [-0.4, -0.2) is 35.1 Å². The third-order valence-electron chi connectivity index (χ3n) is 5.49. The van der Waals surface area contributed by atoms with E-state index in [-0.39, 0.29) is 11.2 Å². The average Bonchev–Trinajstić information content (AvgIpc) is 2.91. The summed E-state index contributed by atoms with van der Waals surface area (Å²) in [5.41, 5.74) is 1.15. The van der Waals surface area contributed by atoms with E-state index in [9.17, 15) is 19.2 Å². The monoisotopic (exact) mass is 421 g/mol. The van der Waals surface area contributed by atoms with Crippen LogP contribution in [0.2, 0.25) is 0 Å². The number of hydrogen-bond acceptors (Lipinski definition) is 4. The van der Waals surface area contributed by atoms with E-state index in [1.54, 1.807) is 31.2 Å². The predicted octanol–water partition coefficient (Wildman–Crippen LogP) is 3.59. The normalized spacial score (nSPS) is 18.7. The third kappa shape index (κ3) is 4.35. The highest BCUT2D eigenvalue weighted by Crippen LogP contribution is 2.31. The first kappa shape index (κ1) is 22.2. The topological polar surface area (TPSA) is 95.6 Å². The molecule has 162 valence electrons. The number of nitrogens with one attached hydrogen (secondary N) is 2. The number of anilines is 1. The highest BCUT2D eigenvalue weighted by atomic mass is 16.2. The molecule has 2 N–H and O–H groups in total. The van der Waals surface area contributed by atoms with Crippen molar-refractivity contribution in [1.82, 2.24) is 10.2 Å². The number of rotatable bonds is 5. The zero-order valence-electron chi connectivity index (χ0n) is 18.4. The summed E-state index contributed by atoms with van der Waals surface area (Å²) >= 11 is 0. The lowest BCUT2D eigenvalue weighted by Gasteiger charge is -2.24. The molecule has 0 saturated carbocycles. The van der Waals surface area contributed by atoms with Gasteiger partial charge >= 0.3 is 6.03 Å². The van der Waals surface area contributed by atoms with Gasteiger partial charge in [-0.3, -0.25) is 19.3 Å². The van der Waals surface area contributed by atoms with Gasteiger partial charge in [-0.25, -0.2) is 4.79 Å². The Balaban J connectivity index is 1.77. The molecular weight excluding hydrogens is 394 g/mol. The van der Waals surface area contributed by atoms with Crippen molar-refractivity contribution in [2.24, 2.45) is 0 Å². The highest BCUT2D eigenvalue weighted by molar-refractivity contribution is 6.11. The summed E-state index contributed by atoms with van der Waals surface area (Å²) in [5.74, 6) is -1.27. The molecule has 2 aromatic carbocycles. The molecule has 0 aromatic heterocycles. The summed E-state index contributed by atoms with van der Waals surface area (Å²) < 4.78 is 0. The number of benzene rings is 2. The van der Waals surface area contributed by atoms with Gasteiger partial charge in [0, 0.05) is 5.56 Å². The molecule has 1 heterocycles. The van der Waals surface area contributed by atoms with E-state index < -0.39 is 29.9 Å². The Labute approximate surface area is 181 Å². The Bertz CT molecular complexity index is 1050. The molecule has 1 unspecified atom stereocenters. The molecule has 1 aliphatic rings. The molecule has 0 radical (unpaired) electrons. The van der Waals surface area contributed by atoms with Gasteiger partial charge in [-0.05, 0) is 42.5 Å². The summed E-state index contributed by atoms with van der Waals surface area (Å²) in [7, 11) is 0. The van der Waals surface area contributed by atoms with Gasteiger partial charge < -0.3 is 10.6 Å². The molecule has 0 aliphatic carbocycles. The molecule has 0 spiro atoms. The number of imide groups is 1. The Hall–Kier alpha value is -3.48. The number of urea groups is 1. The number of nitrogens with zero attached hydrogens (tertiary/aromatic N) is 1. The smallest absolute Gasteiger partial charge is 0.324 e. The Morgan fingerprint density at radius 1 is 1.03 bits per heavy atom. The van der Waals surface area contributed by atoms with Crippen LogP contribution in [0.25, 0.3) is 0 Å². The lowest BCUT2D eigenvalue weighted by atomic mass is 9.84.